The molecule has 0 amide bonds. The molecule has 1 aromatic carbocycles. The second-order valence-corrected chi connectivity index (χ2v) is 6.80. The summed E-state index contributed by atoms with van der Waals surface area (Å²) >= 11 is 0. The van der Waals surface area contributed by atoms with Gasteiger partial charge in [-0.25, -0.2) is 0 Å². The molecule has 3 N–H and O–H groups in total. The van der Waals surface area contributed by atoms with Crippen LogP contribution >= 0.6 is 0 Å². The van der Waals surface area contributed by atoms with Gasteiger partial charge in [0, 0.05) is 25.0 Å². The largest absolute Gasteiger partial charge is 0.390 e. The highest BCUT2D eigenvalue weighted by atomic mass is 16.3. The van der Waals surface area contributed by atoms with Crippen LogP contribution in [0.2, 0.25) is 0 Å². The predicted molar refractivity (Wildman–Crippen MR) is 86.0 cm³/mol. The van der Waals surface area contributed by atoms with Crippen molar-refractivity contribution >= 4 is 0 Å². The van der Waals surface area contributed by atoms with Gasteiger partial charge in [0.2, 0.25) is 0 Å². The molecule has 2 aliphatic rings. The maximum Gasteiger partial charge on any atom is 0.0700 e. The minimum Gasteiger partial charge on any atom is -0.390 e. The molecule has 21 heavy (non-hydrogen) atoms. The van der Waals surface area contributed by atoms with Gasteiger partial charge in [0.05, 0.1) is 5.60 Å². The Bertz CT molecular complexity index is 450. The second kappa shape index (κ2) is 6.47. The first-order valence-corrected chi connectivity index (χ1v) is 8.44. The number of nitrogens with two attached hydrogens (primary N) is 1. The van der Waals surface area contributed by atoms with Gasteiger partial charge in [-0.15, -0.1) is 0 Å². The summed E-state index contributed by atoms with van der Waals surface area (Å²) in [5.74, 6) is 0.448. The number of aliphatic hydroxyl groups is 1. The highest BCUT2D eigenvalue weighted by molar-refractivity contribution is 5.19. The van der Waals surface area contributed by atoms with Crippen molar-refractivity contribution in [3.8, 4) is 0 Å². The average Bonchev–Trinajstić information content (AvgIpc) is 2.53. The first kappa shape index (κ1) is 15.0. The second-order valence-electron chi connectivity index (χ2n) is 6.80. The first-order valence-electron chi connectivity index (χ1n) is 8.44. The highest BCUT2D eigenvalue weighted by Gasteiger charge is 2.43. The molecular formula is C18H28N2O. The number of rotatable bonds is 4. The predicted octanol–water partition coefficient (Wildman–Crippen LogP) is 2.70. The van der Waals surface area contributed by atoms with E-state index in [0.29, 0.717) is 18.5 Å². The molecule has 3 nitrogen and oxygen atoms in total. The quantitative estimate of drug-likeness (QED) is 0.895. The van der Waals surface area contributed by atoms with E-state index < -0.39 is 5.60 Å². The molecule has 0 bridgehead atoms. The lowest BCUT2D eigenvalue weighted by Crippen LogP contribution is -2.54. The number of piperidine rings is 1. The number of nitrogens with zero attached hydrogens (tertiary/aromatic N) is 1. The fourth-order valence-electron chi connectivity index (χ4n) is 4.27. The summed E-state index contributed by atoms with van der Waals surface area (Å²) in [7, 11) is 0. The summed E-state index contributed by atoms with van der Waals surface area (Å²) in [6.45, 7) is 2.73. The topological polar surface area (TPSA) is 49.5 Å². The Hall–Kier alpha value is -0.900. The van der Waals surface area contributed by atoms with Gasteiger partial charge in [-0.1, -0.05) is 43.2 Å². The standard InChI is InChI=1S/C18H28N2O/c19-12-9-17(15-6-2-1-3-7-15)20-13-11-18(21)10-5-4-8-16(18)14-20/h1-3,6-7,16-17,21H,4-5,8-14,19H2. The van der Waals surface area contributed by atoms with Gasteiger partial charge in [0.15, 0.2) is 0 Å². The molecule has 3 unspecified atom stereocenters. The van der Waals surface area contributed by atoms with Gasteiger partial charge in [0.25, 0.3) is 0 Å². The molecule has 0 spiro atoms. The van der Waals surface area contributed by atoms with Gasteiger partial charge in [-0.2, -0.15) is 0 Å². The molecule has 1 aliphatic carbocycles. The lowest BCUT2D eigenvalue weighted by Gasteiger charge is -2.49. The molecule has 116 valence electrons. The smallest absolute Gasteiger partial charge is 0.0700 e. The zero-order valence-electron chi connectivity index (χ0n) is 12.9. The van der Waals surface area contributed by atoms with Crippen LogP contribution in [0.15, 0.2) is 30.3 Å². The SMILES string of the molecule is NCCC(c1ccccc1)N1CCC2(O)CCCCC2C1. The van der Waals surface area contributed by atoms with E-state index in [-0.39, 0.29) is 0 Å². The molecule has 2 fully saturated rings. The zero-order valence-corrected chi connectivity index (χ0v) is 12.9. The van der Waals surface area contributed by atoms with Crippen LogP contribution in [-0.4, -0.2) is 35.2 Å². The van der Waals surface area contributed by atoms with Crippen LogP contribution in [0.25, 0.3) is 0 Å². The summed E-state index contributed by atoms with van der Waals surface area (Å²) in [4.78, 5) is 2.56. The molecule has 1 aliphatic heterocycles. The van der Waals surface area contributed by atoms with E-state index in [1.165, 1.54) is 24.8 Å². The van der Waals surface area contributed by atoms with Crippen molar-refractivity contribution in [3.63, 3.8) is 0 Å². The third kappa shape index (κ3) is 3.15. The molecule has 1 heterocycles. The Morgan fingerprint density at radius 1 is 1.24 bits per heavy atom. The van der Waals surface area contributed by atoms with E-state index in [9.17, 15) is 5.11 Å². The van der Waals surface area contributed by atoms with E-state index in [0.717, 1.165) is 32.4 Å². The third-order valence-corrected chi connectivity index (χ3v) is 5.52. The average molecular weight is 288 g/mol. The molecule has 1 aromatic rings. The maximum atomic E-state index is 10.8. The van der Waals surface area contributed by atoms with Gasteiger partial charge in [0.1, 0.15) is 0 Å². The van der Waals surface area contributed by atoms with Gasteiger partial charge in [-0.3, -0.25) is 4.90 Å². The first-order chi connectivity index (χ1) is 10.2. The molecule has 3 atom stereocenters. The van der Waals surface area contributed by atoms with E-state index in [1.807, 2.05) is 0 Å². The minimum absolute atomic E-state index is 0.390. The van der Waals surface area contributed by atoms with Gasteiger partial charge in [-0.05, 0) is 37.8 Å². The Kier molecular flexibility index (Phi) is 4.63. The van der Waals surface area contributed by atoms with Crippen LogP contribution in [0.4, 0.5) is 0 Å². The van der Waals surface area contributed by atoms with Crippen molar-refractivity contribution in [1.82, 2.24) is 4.90 Å². The van der Waals surface area contributed by atoms with Crippen molar-refractivity contribution in [3.05, 3.63) is 35.9 Å². The van der Waals surface area contributed by atoms with Crippen molar-refractivity contribution in [2.24, 2.45) is 11.7 Å². The van der Waals surface area contributed by atoms with Crippen molar-refractivity contribution in [2.45, 2.75) is 50.2 Å². The van der Waals surface area contributed by atoms with Crippen LogP contribution in [0.1, 0.15) is 50.1 Å². The van der Waals surface area contributed by atoms with Crippen molar-refractivity contribution in [1.29, 1.82) is 0 Å². The molecule has 3 heteroatoms. The van der Waals surface area contributed by atoms with E-state index in [4.69, 9.17) is 5.73 Å². The Morgan fingerprint density at radius 2 is 2.05 bits per heavy atom. The normalized spacial score (nSPS) is 31.6. The number of hydrogen-bond donors (Lipinski definition) is 2. The Labute approximate surface area is 128 Å². The number of hydrogen-bond acceptors (Lipinski definition) is 3. The lowest BCUT2D eigenvalue weighted by atomic mass is 9.71. The fourth-order valence-corrected chi connectivity index (χ4v) is 4.27. The zero-order chi connectivity index (χ0) is 14.7. The maximum absolute atomic E-state index is 10.8. The summed E-state index contributed by atoms with van der Waals surface area (Å²) in [6, 6.07) is 11.1. The summed E-state index contributed by atoms with van der Waals surface area (Å²) in [5, 5.41) is 10.8. The van der Waals surface area contributed by atoms with Gasteiger partial charge < -0.3 is 10.8 Å². The van der Waals surface area contributed by atoms with E-state index >= 15 is 0 Å². The summed E-state index contributed by atoms with van der Waals surface area (Å²) in [6.07, 6.45) is 6.56. The summed E-state index contributed by atoms with van der Waals surface area (Å²) in [5.41, 5.74) is 6.83. The minimum atomic E-state index is -0.390. The Balaban J connectivity index is 1.75. The van der Waals surface area contributed by atoms with Crippen LogP contribution in [0.3, 0.4) is 0 Å². The lowest BCUT2D eigenvalue weighted by molar-refractivity contribution is -0.103. The molecular weight excluding hydrogens is 260 g/mol. The number of fused-ring (bicyclic) bond motifs is 1. The highest BCUT2D eigenvalue weighted by Crippen LogP contribution is 2.42. The van der Waals surface area contributed by atoms with Crippen molar-refractivity contribution in [2.75, 3.05) is 19.6 Å². The molecule has 1 saturated carbocycles. The molecule has 1 saturated heterocycles. The number of benzene rings is 1. The monoisotopic (exact) mass is 288 g/mol. The van der Waals surface area contributed by atoms with Crippen LogP contribution in [-0.2, 0) is 0 Å². The van der Waals surface area contributed by atoms with Crippen molar-refractivity contribution < 1.29 is 5.11 Å². The van der Waals surface area contributed by atoms with Gasteiger partial charge >= 0.3 is 0 Å². The van der Waals surface area contributed by atoms with E-state index in [2.05, 4.69) is 35.2 Å². The van der Waals surface area contributed by atoms with Crippen LogP contribution in [0.5, 0.6) is 0 Å². The fraction of sp³-hybridized carbons (Fsp3) is 0.667. The van der Waals surface area contributed by atoms with Crippen LogP contribution in [0, 0.1) is 5.92 Å². The van der Waals surface area contributed by atoms with Crippen LogP contribution < -0.4 is 5.73 Å². The van der Waals surface area contributed by atoms with E-state index in [1.54, 1.807) is 0 Å². The molecule has 0 aromatic heterocycles. The Morgan fingerprint density at radius 3 is 2.81 bits per heavy atom. The summed E-state index contributed by atoms with van der Waals surface area (Å²) < 4.78 is 0. The molecule has 0 radical (unpaired) electrons. The number of likely N-dealkylation sites (tertiary alicyclic amines) is 1. The molecule has 3 rings (SSSR count). The third-order valence-electron chi connectivity index (χ3n) is 5.52.